The molecule has 0 unspecified atom stereocenters. The summed E-state index contributed by atoms with van der Waals surface area (Å²) in [7, 11) is 0. The van der Waals surface area contributed by atoms with E-state index in [-0.39, 0.29) is 11.7 Å². The second-order valence-corrected chi connectivity index (χ2v) is 8.39. The fraction of sp³-hybridized carbons (Fsp3) is 0. The number of phenolic OH excluding ortho intramolecular Hbond substituents is 1. The molecule has 0 radical (unpaired) electrons. The first-order valence-electron chi connectivity index (χ1n) is 8.84. The van der Waals surface area contributed by atoms with Crippen LogP contribution in [0.25, 0.3) is 6.08 Å². The topological polar surface area (TPSA) is 65.3 Å². The number of anilines is 1. The lowest BCUT2D eigenvalue weighted by atomic mass is 10.1. The molecular formula is C22H14ClN3O2S2. The van der Waals surface area contributed by atoms with Crippen molar-refractivity contribution in [2.45, 2.75) is 0 Å². The first-order valence-corrected chi connectivity index (χ1v) is 10.4. The van der Waals surface area contributed by atoms with Crippen molar-refractivity contribution in [1.29, 1.82) is 0 Å². The van der Waals surface area contributed by atoms with Gasteiger partial charge in [0.05, 0.1) is 22.0 Å². The van der Waals surface area contributed by atoms with Gasteiger partial charge in [-0.2, -0.15) is 10.2 Å². The number of rotatable bonds is 4. The first-order chi connectivity index (χ1) is 14.5. The van der Waals surface area contributed by atoms with Crippen LogP contribution in [0.1, 0.15) is 5.56 Å². The Morgan fingerprint density at radius 1 is 0.967 bits per heavy atom. The maximum Gasteiger partial charge on any atom is 0.270 e. The summed E-state index contributed by atoms with van der Waals surface area (Å²) in [4.78, 5) is 14.8. The molecule has 0 spiro atoms. The van der Waals surface area contributed by atoms with Crippen molar-refractivity contribution in [3.63, 3.8) is 0 Å². The third kappa shape index (κ3) is 4.43. The quantitative estimate of drug-likeness (QED) is 0.267. The molecule has 0 saturated carbocycles. The van der Waals surface area contributed by atoms with Crippen molar-refractivity contribution < 1.29 is 9.90 Å². The molecule has 0 aliphatic carbocycles. The predicted molar refractivity (Wildman–Crippen MR) is 126 cm³/mol. The summed E-state index contributed by atoms with van der Waals surface area (Å²) < 4.78 is 0.439. The summed E-state index contributed by atoms with van der Waals surface area (Å²) in [5.74, 6) is -0.205. The van der Waals surface area contributed by atoms with Crippen LogP contribution in [-0.2, 0) is 4.79 Å². The Morgan fingerprint density at radius 2 is 1.70 bits per heavy atom. The highest BCUT2D eigenvalue weighted by molar-refractivity contribution is 8.27. The molecule has 1 N–H and O–H groups in total. The molecule has 0 aromatic heterocycles. The number of thioether (sulfide) groups is 1. The van der Waals surface area contributed by atoms with Gasteiger partial charge in [0.25, 0.3) is 5.91 Å². The number of benzene rings is 3. The molecule has 30 heavy (non-hydrogen) atoms. The van der Waals surface area contributed by atoms with E-state index < -0.39 is 0 Å². The number of carbonyl (C=O) groups is 1. The monoisotopic (exact) mass is 451 g/mol. The van der Waals surface area contributed by atoms with E-state index in [1.165, 1.54) is 22.7 Å². The minimum Gasteiger partial charge on any atom is -0.507 e. The fourth-order valence-electron chi connectivity index (χ4n) is 2.78. The Morgan fingerprint density at radius 3 is 2.43 bits per heavy atom. The summed E-state index contributed by atoms with van der Waals surface area (Å²) in [6, 6.07) is 21.0. The molecular weight excluding hydrogens is 438 g/mol. The van der Waals surface area contributed by atoms with Crippen molar-refractivity contribution in [3.8, 4) is 5.75 Å². The number of amides is 1. The van der Waals surface area contributed by atoms with Gasteiger partial charge in [0, 0.05) is 10.6 Å². The van der Waals surface area contributed by atoms with Crippen molar-refractivity contribution in [1.82, 2.24) is 0 Å². The third-order valence-corrected chi connectivity index (χ3v) is 5.73. The maximum atomic E-state index is 12.9. The molecule has 8 heteroatoms. The standard InChI is InChI=1S/C22H14ClN3O2S2/c23-15-5-4-6-16(13-15)24-25-17-9-10-19(27)14(11-17)12-20-21(28)26(22(29)30-20)18-7-2-1-3-8-18/h1-13,27H/b20-12-,25-24?. The second-order valence-electron chi connectivity index (χ2n) is 6.28. The number of azo groups is 1. The molecule has 1 amide bonds. The lowest BCUT2D eigenvalue weighted by Gasteiger charge is -2.13. The van der Waals surface area contributed by atoms with Gasteiger partial charge in [0.15, 0.2) is 4.32 Å². The van der Waals surface area contributed by atoms with E-state index in [1.807, 2.05) is 30.3 Å². The Kier molecular flexibility index (Phi) is 5.94. The zero-order valence-electron chi connectivity index (χ0n) is 15.4. The SMILES string of the molecule is O=C1/C(=C/c2cc(N=Nc3cccc(Cl)c3)ccc2O)SC(=S)N1c1ccccc1. The molecule has 1 heterocycles. The van der Waals surface area contributed by atoms with Crippen LogP contribution in [0, 0.1) is 0 Å². The Balaban J connectivity index is 1.61. The molecule has 148 valence electrons. The van der Waals surface area contributed by atoms with Gasteiger partial charge in [-0.05, 0) is 54.6 Å². The van der Waals surface area contributed by atoms with Gasteiger partial charge < -0.3 is 5.11 Å². The molecule has 5 nitrogen and oxygen atoms in total. The largest absolute Gasteiger partial charge is 0.507 e. The Hall–Kier alpha value is -3.00. The fourth-order valence-corrected chi connectivity index (χ4v) is 4.26. The van der Waals surface area contributed by atoms with Crippen molar-refractivity contribution in [2.24, 2.45) is 10.2 Å². The van der Waals surface area contributed by atoms with Crippen LogP contribution in [0.15, 0.2) is 87.9 Å². The summed E-state index contributed by atoms with van der Waals surface area (Å²) >= 11 is 12.5. The number of carbonyl (C=O) groups excluding carboxylic acids is 1. The van der Waals surface area contributed by atoms with Gasteiger partial charge in [-0.3, -0.25) is 9.69 Å². The average molecular weight is 452 g/mol. The molecule has 1 aliphatic heterocycles. The number of thiocarbonyl (C=S) groups is 1. The van der Waals surface area contributed by atoms with Crippen molar-refractivity contribution in [3.05, 3.63) is 88.3 Å². The Bertz CT molecular complexity index is 1200. The number of halogens is 1. The number of hydrogen-bond donors (Lipinski definition) is 1. The minimum atomic E-state index is -0.235. The number of phenols is 1. The molecule has 4 rings (SSSR count). The van der Waals surface area contributed by atoms with E-state index >= 15 is 0 Å². The normalized spacial score (nSPS) is 15.5. The van der Waals surface area contributed by atoms with E-state index in [1.54, 1.807) is 42.5 Å². The Labute approximate surface area is 187 Å². The minimum absolute atomic E-state index is 0.0293. The summed E-state index contributed by atoms with van der Waals surface area (Å²) in [6.45, 7) is 0. The van der Waals surface area contributed by atoms with Crippen LogP contribution >= 0.6 is 35.6 Å². The van der Waals surface area contributed by atoms with E-state index in [0.29, 0.717) is 36.9 Å². The highest BCUT2D eigenvalue weighted by atomic mass is 35.5. The van der Waals surface area contributed by atoms with E-state index in [0.717, 1.165) is 0 Å². The number of hydrogen-bond acceptors (Lipinski definition) is 6. The lowest BCUT2D eigenvalue weighted by molar-refractivity contribution is -0.113. The van der Waals surface area contributed by atoms with Gasteiger partial charge >= 0.3 is 0 Å². The highest BCUT2D eigenvalue weighted by Crippen LogP contribution is 2.37. The van der Waals surface area contributed by atoms with Gasteiger partial charge in [0.2, 0.25) is 0 Å². The van der Waals surface area contributed by atoms with Crippen molar-refractivity contribution >= 4 is 68.9 Å². The van der Waals surface area contributed by atoms with Crippen LogP contribution in [0.3, 0.4) is 0 Å². The zero-order chi connectivity index (χ0) is 21.1. The predicted octanol–water partition coefficient (Wildman–Crippen LogP) is 6.87. The lowest BCUT2D eigenvalue weighted by Crippen LogP contribution is -2.27. The number of aromatic hydroxyl groups is 1. The molecule has 1 saturated heterocycles. The summed E-state index contributed by atoms with van der Waals surface area (Å²) in [6.07, 6.45) is 1.61. The molecule has 0 bridgehead atoms. The van der Waals surface area contributed by atoms with Gasteiger partial charge in [0.1, 0.15) is 5.75 Å². The smallest absolute Gasteiger partial charge is 0.270 e. The van der Waals surface area contributed by atoms with Crippen LogP contribution in [0.4, 0.5) is 17.1 Å². The summed E-state index contributed by atoms with van der Waals surface area (Å²) in [5, 5.41) is 19.2. The molecule has 3 aromatic carbocycles. The molecule has 1 fully saturated rings. The number of nitrogens with zero attached hydrogens (tertiary/aromatic N) is 3. The van der Waals surface area contributed by atoms with Crippen LogP contribution in [0.5, 0.6) is 5.75 Å². The van der Waals surface area contributed by atoms with Gasteiger partial charge in [-0.1, -0.05) is 59.8 Å². The van der Waals surface area contributed by atoms with E-state index in [4.69, 9.17) is 23.8 Å². The maximum absolute atomic E-state index is 12.9. The molecule has 0 atom stereocenters. The average Bonchev–Trinajstić information content (AvgIpc) is 3.02. The summed E-state index contributed by atoms with van der Waals surface area (Å²) in [5.41, 5.74) is 2.29. The van der Waals surface area contributed by atoms with Crippen molar-refractivity contribution in [2.75, 3.05) is 4.90 Å². The van der Waals surface area contributed by atoms with E-state index in [9.17, 15) is 9.90 Å². The molecule has 3 aromatic rings. The first kappa shape index (κ1) is 20.3. The second kappa shape index (κ2) is 8.79. The van der Waals surface area contributed by atoms with Gasteiger partial charge in [-0.15, -0.1) is 0 Å². The van der Waals surface area contributed by atoms with Crippen LogP contribution < -0.4 is 4.90 Å². The highest BCUT2D eigenvalue weighted by Gasteiger charge is 2.33. The number of para-hydroxylation sites is 1. The zero-order valence-corrected chi connectivity index (χ0v) is 17.8. The molecule has 1 aliphatic rings. The van der Waals surface area contributed by atoms with E-state index in [2.05, 4.69) is 10.2 Å². The van der Waals surface area contributed by atoms with Crippen LogP contribution in [0.2, 0.25) is 5.02 Å². The third-order valence-electron chi connectivity index (χ3n) is 4.19. The van der Waals surface area contributed by atoms with Crippen LogP contribution in [-0.4, -0.2) is 15.3 Å². The van der Waals surface area contributed by atoms with Gasteiger partial charge in [-0.25, -0.2) is 0 Å².